The van der Waals surface area contributed by atoms with E-state index in [2.05, 4.69) is 4.98 Å². The topological polar surface area (TPSA) is 100 Å². The second-order valence-electron chi connectivity index (χ2n) is 7.96. The number of carbonyl (C=O) groups is 1. The van der Waals surface area contributed by atoms with Crippen LogP contribution in [0.3, 0.4) is 0 Å². The third kappa shape index (κ3) is 5.03. The van der Waals surface area contributed by atoms with Gasteiger partial charge in [0.2, 0.25) is 5.88 Å². The number of aliphatic hydroxyl groups excluding tert-OH is 1. The summed E-state index contributed by atoms with van der Waals surface area (Å²) in [5.41, 5.74) is 1.05. The first-order valence-corrected chi connectivity index (χ1v) is 12.7. The number of nitrogens with zero attached hydrogens (tertiary/aromatic N) is 3. The number of amides is 1. The van der Waals surface area contributed by atoms with Gasteiger partial charge in [0.1, 0.15) is 15.9 Å². The summed E-state index contributed by atoms with van der Waals surface area (Å²) in [7, 11) is -2.13. The SMILES string of the molecule is C/C=C/c1cnc2c(c1)C(=O)N([C@@H](C)CO)C[C@@H](C)[C@@H](CN(C)S(=O)(=O)c1cccs1)O2. The van der Waals surface area contributed by atoms with Gasteiger partial charge in [-0.2, -0.15) is 4.31 Å². The molecule has 2 aromatic heterocycles. The molecule has 0 radical (unpaired) electrons. The van der Waals surface area contributed by atoms with Crippen LogP contribution < -0.4 is 4.74 Å². The Morgan fingerprint density at radius 1 is 1.47 bits per heavy atom. The van der Waals surface area contributed by atoms with Crippen LogP contribution in [-0.4, -0.2) is 72.5 Å². The number of likely N-dealkylation sites (N-methyl/N-ethyl adjacent to an activating group) is 1. The smallest absolute Gasteiger partial charge is 0.259 e. The zero-order valence-corrected chi connectivity index (χ0v) is 20.3. The molecule has 1 aliphatic heterocycles. The van der Waals surface area contributed by atoms with Gasteiger partial charge in [0.25, 0.3) is 15.9 Å². The number of pyridine rings is 1. The zero-order chi connectivity index (χ0) is 23.5. The van der Waals surface area contributed by atoms with Crippen LogP contribution >= 0.6 is 11.3 Å². The Balaban J connectivity index is 1.98. The van der Waals surface area contributed by atoms with Crippen molar-refractivity contribution in [3.63, 3.8) is 0 Å². The maximum atomic E-state index is 13.3. The molecule has 32 heavy (non-hydrogen) atoms. The lowest BCUT2D eigenvalue weighted by atomic mass is 10.00. The minimum atomic E-state index is -3.65. The molecule has 8 nitrogen and oxygen atoms in total. The highest BCUT2D eigenvalue weighted by atomic mass is 32.2. The average molecular weight is 480 g/mol. The molecule has 1 N–H and O–H groups in total. The molecular formula is C22H29N3O5S2. The number of rotatable bonds is 7. The highest BCUT2D eigenvalue weighted by Crippen LogP contribution is 2.29. The van der Waals surface area contributed by atoms with E-state index in [1.54, 1.807) is 41.6 Å². The van der Waals surface area contributed by atoms with Gasteiger partial charge in [0.05, 0.1) is 19.2 Å². The molecule has 0 saturated heterocycles. The molecule has 0 bridgehead atoms. The Bertz CT molecular complexity index is 1070. The Kier molecular flexibility index (Phi) is 7.71. The number of hydrogen-bond donors (Lipinski definition) is 1. The molecule has 3 heterocycles. The van der Waals surface area contributed by atoms with Gasteiger partial charge in [-0.25, -0.2) is 13.4 Å². The van der Waals surface area contributed by atoms with E-state index in [9.17, 15) is 18.3 Å². The third-order valence-electron chi connectivity index (χ3n) is 5.50. The number of fused-ring (bicyclic) bond motifs is 1. The van der Waals surface area contributed by atoms with Crippen LogP contribution in [0.5, 0.6) is 5.88 Å². The van der Waals surface area contributed by atoms with Gasteiger partial charge in [0, 0.05) is 25.7 Å². The molecule has 3 rings (SSSR count). The van der Waals surface area contributed by atoms with Crippen LogP contribution in [0.1, 0.15) is 36.7 Å². The first kappa shape index (κ1) is 24.4. The Hall–Kier alpha value is -2.27. The van der Waals surface area contributed by atoms with Crippen molar-refractivity contribution in [2.24, 2.45) is 5.92 Å². The minimum absolute atomic E-state index is 0.0919. The molecule has 0 aliphatic carbocycles. The summed E-state index contributed by atoms with van der Waals surface area (Å²) in [4.78, 5) is 19.3. The molecule has 0 fully saturated rings. The number of carbonyl (C=O) groups excluding carboxylic acids is 1. The summed E-state index contributed by atoms with van der Waals surface area (Å²) in [6, 6.07) is 4.57. The largest absolute Gasteiger partial charge is 0.472 e. The molecule has 2 aromatic rings. The van der Waals surface area contributed by atoms with Crippen molar-refractivity contribution in [2.75, 3.05) is 26.7 Å². The third-order valence-corrected chi connectivity index (χ3v) is 8.69. The lowest BCUT2D eigenvalue weighted by Crippen LogP contribution is -2.50. The van der Waals surface area contributed by atoms with Crippen LogP contribution in [0.15, 0.2) is 40.1 Å². The predicted octanol–water partition coefficient (Wildman–Crippen LogP) is 2.72. The number of aliphatic hydroxyl groups is 1. The molecule has 3 atom stereocenters. The number of allylic oxidation sites excluding steroid dienone is 1. The first-order chi connectivity index (χ1) is 15.2. The number of ether oxygens (including phenoxy) is 1. The molecule has 0 aromatic carbocycles. The second-order valence-corrected chi connectivity index (χ2v) is 11.2. The summed E-state index contributed by atoms with van der Waals surface area (Å²) in [5.74, 6) is -0.318. The van der Waals surface area contributed by atoms with Gasteiger partial charge >= 0.3 is 0 Å². The number of thiophene rings is 1. The van der Waals surface area contributed by atoms with E-state index in [0.717, 1.165) is 16.9 Å². The quantitative estimate of drug-likeness (QED) is 0.656. The van der Waals surface area contributed by atoms with Crippen molar-refractivity contribution in [2.45, 2.75) is 37.1 Å². The van der Waals surface area contributed by atoms with Gasteiger partial charge < -0.3 is 14.7 Å². The van der Waals surface area contributed by atoms with Gasteiger partial charge in [0.15, 0.2) is 0 Å². The molecule has 1 aliphatic rings. The lowest BCUT2D eigenvalue weighted by Gasteiger charge is -2.37. The highest BCUT2D eigenvalue weighted by Gasteiger charge is 2.36. The number of hydrogen-bond acceptors (Lipinski definition) is 7. The maximum absolute atomic E-state index is 13.3. The summed E-state index contributed by atoms with van der Waals surface area (Å²) in [6.07, 6.45) is 4.75. The maximum Gasteiger partial charge on any atom is 0.259 e. The normalized spacial score (nSPS) is 20.7. The van der Waals surface area contributed by atoms with Crippen LogP contribution in [0.25, 0.3) is 6.08 Å². The van der Waals surface area contributed by atoms with Crippen LogP contribution in [0, 0.1) is 5.92 Å². The summed E-state index contributed by atoms with van der Waals surface area (Å²) >= 11 is 1.16. The summed E-state index contributed by atoms with van der Waals surface area (Å²) in [5, 5.41) is 11.4. The predicted molar refractivity (Wildman–Crippen MR) is 124 cm³/mol. The van der Waals surface area contributed by atoms with Gasteiger partial charge in [-0.15, -0.1) is 11.3 Å². The molecular weight excluding hydrogens is 450 g/mol. The van der Waals surface area contributed by atoms with E-state index >= 15 is 0 Å². The first-order valence-electron chi connectivity index (χ1n) is 10.4. The molecule has 174 valence electrons. The fourth-order valence-electron chi connectivity index (χ4n) is 3.54. The Morgan fingerprint density at radius 3 is 2.84 bits per heavy atom. The van der Waals surface area contributed by atoms with Crippen molar-refractivity contribution >= 4 is 33.3 Å². The summed E-state index contributed by atoms with van der Waals surface area (Å²) in [6.45, 7) is 5.77. The number of sulfonamides is 1. The van der Waals surface area contributed by atoms with E-state index in [-0.39, 0.29) is 35.1 Å². The van der Waals surface area contributed by atoms with Gasteiger partial charge in [-0.3, -0.25) is 4.79 Å². The molecule has 0 saturated carbocycles. The van der Waals surface area contributed by atoms with Crippen molar-refractivity contribution in [1.82, 2.24) is 14.2 Å². The summed E-state index contributed by atoms with van der Waals surface area (Å²) < 4.78 is 33.5. The average Bonchev–Trinajstić information content (AvgIpc) is 3.32. The lowest BCUT2D eigenvalue weighted by molar-refractivity contribution is 0.0373. The van der Waals surface area contributed by atoms with Crippen molar-refractivity contribution in [3.8, 4) is 5.88 Å². The fraction of sp³-hybridized carbons (Fsp3) is 0.455. The van der Waals surface area contributed by atoms with E-state index in [1.165, 1.54) is 11.4 Å². The Morgan fingerprint density at radius 2 is 2.22 bits per heavy atom. The molecule has 0 unspecified atom stereocenters. The van der Waals surface area contributed by atoms with Crippen LogP contribution in [0.4, 0.5) is 0 Å². The second kappa shape index (κ2) is 10.1. The molecule has 0 spiro atoms. The zero-order valence-electron chi connectivity index (χ0n) is 18.6. The fourth-order valence-corrected chi connectivity index (χ4v) is 5.92. The van der Waals surface area contributed by atoms with Crippen molar-refractivity contribution < 1.29 is 23.1 Å². The molecule has 10 heteroatoms. The van der Waals surface area contributed by atoms with E-state index in [4.69, 9.17) is 4.74 Å². The van der Waals surface area contributed by atoms with E-state index in [1.807, 2.05) is 26.0 Å². The van der Waals surface area contributed by atoms with Crippen LogP contribution in [0.2, 0.25) is 0 Å². The van der Waals surface area contributed by atoms with Gasteiger partial charge in [-0.1, -0.05) is 25.1 Å². The van der Waals surface area contributed by atoms with Crippen LogP contribution in [-0.2, 0) is 10.0 Å². The number of aromatic nitrogens is 1. The highest BCUT2D eigenvalue weighted by molar-refractivity contribution is 7.91. The standard InChI is InChI=1S/C22H29N3O5S2/c1-5-7-17-10-18-21(23-11-17)30-19(15(2)12-25(22(18)27)16(3)14-26)13-24(4)32(28,29)20-8-6-9-31-20/h5-11,15-16,19,26H,12-14H2,1-4H3/b7-5+/t15-,16+,19-/m1/s1. The monoisotopic (exact) mass is 479 g/mol. The van der Waals surface area contributed by atoms with E-state index < -0.39 is 22.2 Å². The molecule has 1 amide bonds. The van der Waals surface area contributed by atoms with Crippen molar-refractivity contribution in [1.29, 1.82) is 0 Å². The Labute approximate surface area is 193 Å². The van der Waals surface area contributed by atoms with Crippen molar-refractivity contribution in [3.05, 3.63) is 47.0 Å². The minimum Gasteiger partial charge on any atom is -0.472 e. The van der Waals surface area contributed by atoms with Gasteiger partial charge in [-0.05, 0) is 36.9 Å². The van der Waals surface area contributed by atoms with E-state index in [0.29, 0.717) is 12.1 Å².